The highest BCUT2D eigenvalue weighted by molar-refractivity contribution is 5.94. The minimum Gasteiger partial charge on any atom is -0.461 e. The highest BCUT2D eigenvalue weighted by atomic mass is 19.1. The third-order valence-corrected chi connectivity index (χ3v) is 4.08. The fourth-order valence-corrected chi connectivity index (χ4v) is 2.92. The van der Waals surface area contributed by atoms with Crippen molar-refractivity contribution in [1.82, 2.24) is 9.78 Å². The number of nitriles is 1. The van der Waals surface area contributed by atoms with Crippen molar-refractivity contribution in [3.05, 3.63) is 35.3 Å². The number of hydrogen-bond donors (Lipinski definition) is 0. The second-order valence-corrected chi connectivity index (χ2v) is 5.70. The van der Waals surface area contributed by atoms with Crippen LogP contribution in [-0.2, 0) is 14.3 Å². The van der Waals surface area contributed by atoms with Crippen molar-refractivity contribution in [3.8, 4) is 6.07 Å². The highest BCUT2D eigenvalue weighted by Crippen LogP contribution is 2.30. The van der Waals surface area contributed by atoms with E-state index in [1.165, 1.54) is 0 Å². The van der Waals surface area contributed by atoms with Crippen LogP contribution in [0.25, 0.3) is 17.0 Å². The average Bonchev–Trinajstić information content (AvgIpc) is 3.06. The summed E-state index contributed by atoms with van der Waals surface area (Å²) < 4.78 is 26.1. The molecule has 1 atom stereocenters. The molecule has 1 aliphatic heterocycles. The van der Waals surface area contributed by atoms with E-state index in [-0.39, 0.29) is 18.4 Å². The average molecular weight is 343 g/mol. The van der Waals surface area contributed by atoms with Gasteiger partial charge in [-0.05, 0) is 37.8 Å². The number of hydrogen-bond acceptors (Lipinski definition) is 5. The second kappa shape index (κ2) is 7.45. The van der Waals surface area contributed by atoms with Crippen LogP contribution < -0.4 is 0 Å². The molecule has 2 aromatic rings. The van der Waals surface area contributed by atoms with E-state index < -0.39 is 11.8 Å². The highest BCUT2D eigenvalue weighted by Gasteiger charge is 2.21. The van der Waals surface area contributed by atoms with Gasteiger partial charge < -0.3 is 9.47 Å². The molecule has 1 aromatic carbocycles. The van der Waals surface area contributed by atoms with Gasteiger partial charge in [0.1, 0.15) is 6.07 Å². The molecule has 1 aromatic heterocycles. The molecule has 25 heavy (non-hydrogen) atoms. The zero-order valence-corrected chi connectivity index (χ0v) is 13.9. The number of ether oxygens (including phenoxy) is 2. The van der Waals surface area contributed by atoms with E-state index in [4.69, 9.17) is 4.74 Å². The Morgan fingerprint density at radius 1 is 1.56 bits per heavy atom. The molecule has 0 bridgehead atoms. The first kappa shape index (κ1) is 17.1. The van der Waals surface area contributed by atoms with Gasteiger partial charge in [-0.3, -0.25) is 0 Å². The van der Waals surface area contributed by atoms with Crippen molar-refractivity contribution in [2.24, 2.45) is 0 Å². The van der Waals surface area contributed by atoms with Gasteiger partial charge in [0.25, 0.3) is 0 Å². The first-order chi connectivity index (χ1) is 12.2. The number of fused-ring (bicyclic) bond motifs is 1. The van der Waals surface area contributed by atoms with Crippen LogP contribution >= 0.6 is 0 Å². The Hall–Kier alpha value is -2.72. The van der Waals surface area contributed by atoms with Crippen LogP contribution in [0.3, 0.4) is 0 Å². The summed E-state index contributed by atoms with van der Waals surface area (Å²) in [6, 6.07) is 5.43. The maximum Gasteiger partial charge on any atom is 0.367 e. The van der Waals surface area contributed by atoms with Crippen molar-refractivity contribution in [2.75, 3.05) is 13.2 Å². The maximum atomic E-state index is 14.0. The van der Waals surface area contributed by atoms with Crippen molar-refractivity contribution >= 4 is 22.9 Å². The fourth-order valence-electron chi connectivity index (χ4n) is 2.92. The van der Waals surface area contributed by atoms with Crippen LogP contribution in [0.15, 0.2) is 24.2 Å². The summed E-state index contributed by atoms with van der Waals surface area (Å²) in [6.07, 6.45) is 5.26. The number of carbonyl (C=O) groups excluding carboxylic acids is 1. The molecule has 6 nitrogen and oxygen atoms in total. The minimum atomic E-state index is -1.05. The van der Waals surface area contributed by atoms with Crippen LogP contribution in [0.4, 0.5) is 4.39 Å². The molecule has 3 rings (SSSR count). The Balaban J connectivity index is 2.07. The molecule has 0 aliphatic carbocycles. The third-order valence-electron chi connectivity index (χ3n) is 4.08. The van der Waals surface area contributed by atoms with Gasteiger partial charge in [-0.15, -0.1) is 0 Å². The molecule has 1 unspecified atom stereocenters. The zero-order valence-electron chi connectivity index (χ0n) is 13.9. The van der Waals surface area contributed by atoms with Crippen LogP contribution in [-0.4, -0.2) is 29.0 Å². The van der Waals surface area contributed by atoms with Crippen molar-refractivity contribution in [1.29, 1.82) is 5.26 Å². The summed E-state index contributed by atoms with van der Waals surface area (Å²) in [5.41, 5.74) is 1.14. The molecule has 7 heteroatoms. The van der Waals surface area contributed by atoms with Crippen molar-refractivity contribution in [2.45, 2.75) is 32.4 Å². The number of rotatable bonds is 4. The standard InChI is InChI=1S/C18H18FN3O3/c1-2-24-18(23)15(19)9-12-6-7-13-11-21-22(17(13)14(12)10-20)16-5-3-4-8-25-16/h6-7,9,11,16H,2-5,8H2,1H3/b15-9-. The van der Waals surface area contributed by atoms with E-state index in [1.807, 2.05) is 0 Å². The van der Waals surface area contributed by atoms with Gasteiger partial charge in [0.05, 0.1) is 23.9 Å². The molecule has 130 valence electrons. The van der Waals surface area contributed by atoms with Gasteiger partial charge in [0, 0.05) is 12.0 Å². The van der Waals surface area contributed by atoms with E-state index in [2.05, 4.69) is 15.9 Å². The van der Waals surface area contributed by atoms with Gasteiger partial charge in [0.15, 0.2) is 6.23 Å². The van der Waals surface area contributed by atoms with Gasteiger partial charge in [-0.2, -0.15) is 14.8 Å². The third kappa shape index (κ3) is 3.39. The maximum absolute atomic E-state index is 14.0. The lowest BCUT2D eigenvalue weighted by molar-refractivity contribution is -0.140. The summed E-state index contributed by atoms with van der Waals surface area (Å²) >= 11 is 0. The summed E-state index contributed by atoms with van der Waals surface area (Å²) in [6.45, 7) is 2.32. The number of esters is 1. The fraction of sp³-hybridized carbons (Fsp3) is 0.389. The van der Waals surface area contributed by atoms with E-state index in [9.17, 15) is 14.4 Å². The minimum absolute atomic E-state index is 0.0794. The van der Waals surface area contributed by atoms with Crippen molar-refractivity contribution in [3.63, 3.8) is 0 Å². The quantitative estimate of drug-likeness (QED) is 0.627. The topological polar surface area (TPSA) is 77.1 Å². The molecule has 0 spiro atoms. The number of halogens is 1. The molecular formula is C18H18FN3O3. The van der Waals surface area contributed by atoms with Gasteiger partial charge in [0.2, 0.25) is 5.83 Å². The van der Waals surface area contributed by atoms with Crippen LogP contribution in [0.1, 0.15) is 43.5 Å². The summed E-state index contributed by atoms with van der Waals surface area (Å²) in [5.74, 6) is -2.09. The lowest BCUT2D eigenvalue weighted by Crippen LogP contribution is -2.19. The normalized spacial score (nSPS) is 18.1. The van der Waals surface area contributed by atoms with E-state index in [1.54, 1.807) is 29.9 Å². The molecular weight excluding hydrogens is 325 g/mol. The van der Waals surface area contributed by atoms with E-state index >= 15 is 0 Å². The number of carbonyl (C=O) groups is 1. The molecule has 2 heterocycles. The van der Waals surface area contributed by atoms with Crippen LogP contribution in [0.5, 0.6) is 0 Å². The molecule has 0 amide bonds. The number of benzene rings is 1. The SMILES string of the molecule is CCOC(=O)/C(F)=C/c1ccc2cnn(C3CCCCO3)c2c1C#N. The molecule has 1 saturated heterocycles. The number of nitrogens with zero attached hydrogens (tertiary/aromatic N) is 3. The molecule has 0 radical (unpaired) electrons. The smallest absolute Gasteiger partial charge is 0.367 e. The Morgan fingerprint density at radius 3 is 3.08 bits per heavy atom. The summed E-state index contributed by atoms with van der Waals surface area (Å²) in [7, 11) is 0. The van der Waals surface area contributed by atoms with Crippen LogP contribution in [0.2, 0.25) is 0 Å². The Labute approximate surface area is 144 Å². The van der Waals surface area contributed by atoms with Gasteiger partial charge in [-0.1, -0.05) is 12.1 Å². The monoisotopic (exact) mass is 343 g/mol. The summed E-state index contributed by atoms with van der Waals surface area (Å²) in [4.78, 5) is 11.5. The molecule has 0 saturated carbocycles. The first-order valence-electron chi connectivity index (χ1n) is 8.22. The Bertz CT molecular complexity index is 860. The molecule has 0 N–H and O–H groups in total. The predicted octanol–water partition coefficient (Wildman–Crippen LogP) is 3.48. The van der Waals surface area contributed by atoms with Gasteiger partial charge in [-0.25, -0.2) is 9.48 Å². The molecule has 1 aliphatic rings. The zero-order chi connectivity index (χ0) is 17.8. The van der Waals surface area contributed by atoms with Gasteiger partial charge >= 0.3 is 5.97 Å². The lowest BCUT2D eigenvalue weighted by atomic mass is 10.0. The Morgan fingerprint density at radius 2 is 2.40 bits per heavy atom. The van der Waals surface area contributed by atoms with E-state index in [0.717, 1.165) is 30.7 Å². The second-order valence-electron chi connectivity index (χ2n) is 5.70. The Kier molecular flexibility index (Phi) is 5.10. The number of aromatic nitrogens is 2. The van der Waals surface area contributed by atoms with E-state index in [0.29, 0.717) is 17.7 Å². The van der Waals surface area contributed by atoms with Crippen LogP contribution in [0, 0.1) is 11.3 Å². The largest absolute Gasteiger partial charge is 0.461 e. The first-order valence-corrected chi connectivity index (χ1v) is 8.22. The lowest BCUT2D eigenvalue weighted by Gasteiger charge is -2.23. The molecule has 1 fully saturated rings. The predicted molar refractivity (Wildman–Crippen MR) is 89.0 cm³/mol. The van der Waals surface area contributed by atoms with Crippen molar-refractivity contribution < 1.29 is 18.7 Å². The summed E-state index contributed by atoms with van der Waals surface area (Å²) in [5, 5.41) is 14.7.